The van der Waals surface area contributed by atoms with E-state index in [1.165, 1.54) is 11.3 Å². The highest BCUT2D eigenvalue weighted by Crippen LogP contribution is 2.26. The molecular weight excluding hydrogens is 324 g/mol. The Kier molecular flexibility index (Phi) is 4.82. The first-order chi connectivity index (χ1) is 11.5. The summed E-state index contributed by atoms with van der Waals surface area (Å²) in [6.45, 7) is 3.53. The van der Waals surface area contributed by atoms with Crippen LogP contribution in [0.1, 0.15) is 28.1 Å². The van der Waals surface area contributed by atoms with E-state index in [0.717, 1.165) is 29.2 Å². The molecule has 1 aliphatic heterocycles. The quantitative estimate of drug-likeness (QED) is 0.916. The number of hydrogen-bond acceptors (Lipinski definition) is 6. The van der Waals surface area contributed by atoms with E-state index in [9.17, 15) is 9.90 Å². The number of aryl methyl sites for hydroxylation is 1. The number of likely N-dealkylation sites (N-methyl/N-ethyl adjacent to an activating group) is 1. The lowest BCUT2D eigenvalue weighted by molar-refractivity contribution is -0.0000418. The molecule has 0 aliphatic carbocycles. The molecule has 6 nitrogen and oxygen atoms in total. The molecule has 0 bridgehead atoms. The number of amides is 1. The third-order valence-electron chi connectivity index (χ3n) is 4.36. The van der Waals surface area contributed by atoms with Crippen molar-refractivity contribution in [2.75, 3.05) is 31.6 Å². The van der Waals surface area contributed by atoms with Crippen LogP contribution in [-0.2, 0) is 0 Å². The number of β-amino-alcohol motifs (C(OH)–C–C–N with tert-alkyl or cyclic N) is 1. The van der Waals surface area contributed by atoms with Gasteiger partial charge in [-0.1, -0.05) is 0 Å². The number of thiophene rings is 1. The Morgan fingerprint density at radius 2 is 2.33 bits per heavy atom. The third-order valence-corrected chi connectivity index (χ3v) is 5.37. The summed E-state index contributed by atoms with van der Waals surface area (Å²) in [6.07, 6.45) is 6.52. The van der Waals surface area contributed by atoms with Gasteiger partial charge in [0.05, 0.1) is 23.2 Å². The molecule has 3 rings (SSSR count). The van der Waals surface area contributed by atoms with Gasteiger partial charge in [-0.05, 0) is 36.8 Å². The van der Waals surface area contributed by atoms with Crippen LogP contribution in [0, 0.1) is 6.92 Å². The Morgan fingerprint density at radius 3 is 3.00 bits per heavy atom. The molecule has 1 aliphatic rings. The molecule has 1 saturated heterocycles. The van der Waals surface area contributed by atoms with E-state index < -0.39 is 5.60 Å². The summed E-state index contributed by atoms with van der Waals surface area (Å²) in [4.78, 5) is 25.4. The summed E-state index contributed by atoms with van der Waals surface area (Å²) in [6, 6.07) is 1.94. The number of nitrogens with zero attached hydrogens (tertiary/aromatic N) is 4. The standard InChI is InChI=1S/C17H22N4O2S/c1-13-4-9-24-15(13)16(22)20(2)11-17(23)5-3-8-21(12-17)14-10-18-6-7-19-14/h4,6-7,9-10,23H,3,5,8,11-12H2,1-2H3/t17-/m0/s1. The number of rotatable bonds is 4. The third kappa shape index (κ3) is 3.57. The molecule has 3 heterocycles. The normalized spacial score (nSPS) is 20.9. The van der Waals surface area contributed by atoms with Crippen LogP contribution >= 0.6 is 11.3 Å². The van der Waals surface area contributed by atoms with Gasteiger partial charge in [-0.25, -0.2) is 4.98 Å². The predicted octanol–water partition coefficient (Wildman–Crippen LogP) is 1.95. The van der Waals surface area contributed by atoms with Crippen LogP contribution in [-0.4, -0.2) is 58.2 Å². The lowest BCUT2D eigenvalue weighted by Gasteiger charge is -2.41. The maximum atomic E-state index is 12.6. The van der Waals surface area contributed by atoms with Gasteiger partial charge in [0.15, 0.2) is 0 Å². The highest BCUT2D eigenvalue weighted by molar-refractivity contribution is 7.12. The topological polar surface area (TPSA) is 69.6 Å². The van der Waals surface area contributed by atoms with Crippen molar-refractivity contribution in [2.45, 2.75) is 25.4 Å². The highest BCUT2D eigenvalue weighted by Gasteiger charge is 2.36. The van der Waals surface area contributed by atoms with Crippen molar-refractivity contribution in [2.24, 2.45) is 0 Å². The molecule has 0 aromatic carbocycles. The summed E-state index contributed by atoms with van der Waals surface area (Å²) in [7, 11) is 1.75. The molecular formula is C17H22N4O2S. The van der Waals surface area contributed by atoms with Crippen LogP contribution < -0.4 is 4.90 Å². The second kappa shape index (κ2) is 6.86. The van der Waals surface area contributed by atoms with Gasteiger partial charge < -0.3 is 14.9 Å². The van der Waals surface area contributed by atoms with E-state index in [2.05, 4.69) is 9.97 Å². The van der Waals surface area contributed by atoms with Gasteiger partial charge in [0.2, 0.25) is 0 Å². The van der Waals surface area contributed by atoms with Crippen molar-refractivity contribution in [1.82, 2.24) is 14.9 Å². The van der Waals surface area contributed by atoms with E-state index in [1.54, 1.807) is 30.5 Å². The van der Waals surface area contributed by atoms with Gasteiger partial charge in [-0.15, -0.1) is 11.3 Å². The summed E-state index contributed by atoms with van der Waals surface area (Å²) in [5, 5.41) is 12.9. The minimum absolute atomic E-state index is 0.0347. The lowest BCUT2D eigenvalue weighted by atomic mass is 9.92. The molecule has 7 heteroatoms. The van der Waals surface area contributed by atoms with Gasteiger partial charge >= 0.3 is 0 Å². The Balaban J connectivity index is 1.69. The van der Waals surface area contributed by atoms with Crippen molar-refractivity contribution < 1.29 is 9.90 Å². The first-order valence-electron chi connectivity index (χ1n) is 8.01. The van der Waals surface area contributed by atoms with Gasteiger partial charge in [-0.2, -0.15) is 0 Å². The average molecular weight is 346 g/mol. The molecule has 24 heavy (non-hydrogen) atoms. The van der Waals surface area contributed by atoms with E-state index in [4.69, 9.17) is 0 Å². The SMILES string of the molecule is Cc1ccsc1C(=O)N(C)C[C@@]1(O)CCCN(c2cnccn2)C1. The molecule has 0 saturated carbocycles. The number of piperidine rings is 1. The van der Waals surface area contributed by atoms with Gasteiger partial charge in [0.1, 0.15) is 5.82 Å². The first-order valence-corrected chi connectivity index (χ1v) is 8.89. The van der Waals surface area contributed by atoms with Crippen LogP contribution in [0.5, 0.6) is 0 Å². The average Bonchev–Trinajstić information content (AvgIpc) is 3.00. The largest absolute Gasteiger partial charge is 0.386 e. The fourth-order valence-corrected chi connectivity index (χ4v) is 4.09. The smallest absolute Gasteiger partial charge is 0.264 e. The van der Waals surface area contributed by atoms with Crippen molar-refractivity contribution in [3.63, 3.8) is 0 Å². The number of hydrogen-bond donors (Lipinski definition) is 1. The molecule has 128 valence electrons. The second-order valence-corrected chi connectivity index (χ2v) is 7.32. The van der Waals surface area contributed by atoms with E-state index in [0.29, 0.717) is 19.5 Å². The molecule has 1 fully saturated rings. The Bertz CT molecular complexity index is 706. The number of aromatic nitrogens is 2. The van der Waals surface area contributed by atoms with E-state index >= 15 is 0 Å². The van der Waals surface area contributed by atoms with Crippen LogP contribution in [0.25, 0.3) is 0 Å². The molecule has 1 amide bonds. The van der Waals surface area contributed by atoms with Crippen LogP contribution in [0.15, 0.2) is 30.0 Å². The van der Waals surface area contributed by atoms with Crippen molar-refractivity contribution in [1.29, 1.82) is 0 Å². The number of aliphatic hydroxyl groups is 1. The zero-order valence-corrected chi connectivity index (χ0v) is 14.8. The fraction of sp³-hybridized carbons (Fsp3) is 0.471. The van der Waals surface area contributed by atoms with E-state index in [-0.39, 0.29) is 5.91 Å². The minimum atomic E-state index is -0.939. The monoisotopic (exact) mass is 346 g/mol. The molecule has 2 aromatic heterocycles. The summed E-state index contributed by atoms with van der Waals surface area (Å²) >= 11 is 1.44. The molecule has 0 radical (unpaired) electrons. The molecule has 2 aromatic rings. The second-order valence-electron chi connectivity index (χ2n) is 6.41. The van der Waals surface area contributed by atoms with E-state index in [1.807, 2.05) is 23.3 Å². The van der Waals surface area contributed by atoms with Crippen LogP contribution in [0.2, 0.25) is 0 Å². The molecule has 1 atom stereocenters. The zero-order valence-electron chi connectivity index (χ0n) is 14.0. The predicted molar refractivity (Wildman–Crippen MR) is 94.4 cm³/mol. The number of carbonyl (C=O) groups is 1. The summed E-state index contributed by atoms with van der Waals surface area (Å²) < 4.78 is 0. The number of anilines is 1. The fourth-order valence-electron chi connectivity index (χ4n) is 3.17. The maximum absolute atomic E-state index is 12.6. The first kappa shape index (κ1) is 16.9. The molecule has 0 spiro atoms. The van der Waals surface area contributed by atoms with Gasteiger partial charge in [0, 0.05) is 32.5 Å². The maximum Gasteiger partial charge on any atom is 0.264 e. The van der Waals surface area contributed by atoms with Crippen molar-refractivity contribution >= 4 is 23.1 Å². The van der Waals surface area contributed by atoms with Crippen molar-refractivity contribution in [3.8, 4) is 0 Å². The summed E-state index contributed by atoms with van der Waals surface area (Å²) in [5.74, 6) is 0.728. The Hall–Kier alpha value is -1.99. The molecule has 0 unspecified atom stereocenters. The Labute approximate surface area is 145 Å². The molecule has 1 N–H and O–H groups in total. The van der Waals surface area contributed by atoms with Gasteiger partial charge in [-0.3, -0.25) is 9.78 Å². The lowest BCUT2D eigenvalue weighted by Crippen LogP contribution is -2.54. The summed E-state index contributed by atoms with van der Waals surface area (Å²) in [5.41, 5.74) is 0.0411. The zero-order chi connectivity index (χ0) is 17.2. The number of carbonyl (C=O) groups excluding carboxylic acids is 1. The highest BCUT2D eigenvalue weighted by atomic mass is 32.1. The Morgan fingerprint density at radius 1 is 1.50 bits per heavy atom. The minimum Gasteiger partial charge on any atom is -0.386 e. The van der Waals surface area contributed by atoms with Crippen LogP contribution in [0.3, 0.4) is 0 Å². The van der Waals surface area contributed by atoms with Crippen molar-refractivity contribution in [3.05, 3.63) is 40.5 Å². The van der Waals surface area contributed by atoms with Gasteiger partial charge in [0.25, 0.3) is 5.91 Å². The van der Waals surface area contributed by atoms with Crippen LogP contribution in [0.4, 0.5) is 5.82 Å².